The summed E-state index contributed by atoms with van der Waals surface area (Å²) in [7, 11) is -0.568. The maximum atomic E-state index is 12.4. The van der Waals surface area contributed by atoms with E-state index in [2.05, 4.69) is 10.1 Å². The second kappa shape index (κ2) is 7.23. The Morgan fingerprint density at radius 3 is 2.66 bits per heavy atom. The molecular weight excluding hydrogens is 418 g/mol. The number of fused-ring (bicyclic) bond motifs is 1. The Hall–Kier alpha value is -2.78. The zero-order valence-corrected chi connectivity index (χ0v) is 17.5. The molecular formula is C19H18ClN3O5S. The predicted octanol–water partition coefficient (Wildman–Crippen LogP) is 3.61. The van der Waals surface area contributed by atoms with Gasteiger partial charge in [0, 0.05) is 23.4 Å². The van der Waals surface area contributed by atoms with E-state index in [0.29, 0.717) is 45.9 Å². The Bertz CT molecular complexity index is 1210. The molecule has 0 amide bonds. The lowest BCUT2D eigenvalue weighted by Crippen LogP contribution is -2.26. The maximum Gasteiger partial charge on any atom is 0.247 e. The van der Waals surface area contributed by atoms with Gasteiger partial charge in [-0.3, -0.25) is 0 Å². The van der Waals surface area contributed by atoms with Crippen molar-refractivity contribution in [3.8, 4) is 11.5 Å². The summed E-state index contributed by atoms with van der Waals surface area (Å²) < 4.78 is 41.9. The van der Waals surface area contributed by atoms with Crippen LogP contribution in [-0.4, -0.2) is 44.0 Å². The van der Waals surface area contributed by atoms with Crippen molar-refractivity contribution in [2.24, 2.45) is 5.10 Å². The first kappa shape index (κ1) is 19.5. The van der Waals surface area contributed by atoms with E-state index in [0.717, 1.165) is 10.7 Å². The SMILES string of the molecule is COc1cc(OC)c2nc(Cl)c([C@H]3CC(c4ccco4)=NN3S(C)(=O)=O)cc2c1. The molecule has 0 unspecified atom stereocenters. The molecule has 0 saturated heterocycles. The van der Waals surface area contributed by atoms with Crippen LogP contribution < -0.4 is 9.47 Å². The number of benzene rings is 1. The molecule has 0 fully saturated rings. The fourth-order valence-corrected chi connectivity index (χ4v) is 4.51. The number of hydrogen-bond acceptors (Lipinski definition) is 7. The van der Waals surface area contributed by atoms with Crippen molar-refractivity contribution in [2.45, 2.75) is 12.5 Å². The first-order valence-corrected chi connectivity index (χ1v) is 10.9. The maximum absolute atomic E-state index is 12.4. The summed E-state index contributed by atoms with van der Waals surface area (Å²) in [6.45, 7) is 0. The smallest absolute Gasteiger partial charge is 0.247 e. The van der Waals surface area contributed by atoms with Crippen molar-refractivity contribution in [1.82, 2.24) is 9.40 Å². The van der Waals surface area contributed by atoms with Crippen LogP contribution in [0.25, 0.3) is 10.9 Å². The number of rotatable bonds is 5. The van der Waals surface area contributed by atoms with Gasteiger partial charge in [0.25, 0.3) is 0 Å². The molecule has 8 nitrogen and oxygen atoms in total. The van der Waals surface area contributed by atoms with Gasteiger partial charge in [0.15, 0.2) is 0 Å². The van der Waals surface area contributed by atoms with Crippen LogP contribution in [0.2, 0.25) is 5.15 Å². The average molecular weight is 436 g/mol. The number of ether oxygens (including phenoxy) is 2. The van der Waals surface area contributed by atoms with Gasteiger partial charge >= 0.3 is 0 Å². The Labute approximate surface area is 172 Å². The average Bonchev–Trinajstić information content (AvgIpc) is 3.36. The van der Waals surface area contributed by atoms with Crippen molar-refractivity contribution in [3.05, 3.63) is 53.1 Å². The van der Waals surface area contributed by atoms with Crippen molar-refractivity contribution in [1.29, 1.82) is 0 Å². The van der Waals surface area contributed by atoms with Crippen LogP contribution in [0.15, 0.2) is 46.1 Å². The number of pyridine rings is 1. The number of nitrogens with zero attached hydrogens (tertiary/aromatic N) is 3. The standard InChI is InChI=1S/C19H18ClN3O5S/c1-26-12-7-11-8-13(19(20)21-18(11)17(9-12)27-2)15-10-14(16-5-4-6-28-16)22-23(15)29(3,24)25/h4-9,15H,10H2,1-3H3/t15-/m1/s1. The summed E-state index contributed by atoms with van der Waals surface area (Å²) in [5.74, 6) is 1.60. The molecule has 1 aliphatic heterocycles. The third kappa shape index (κ3) is 3.51. The van der Waals surface area contributed by atoms with Crippen molar-refractivity contribution >= 4 is 38.2 Å². The van der Waals surface area contributed by atoms with E-state index in [1.807, 2.05) is 0 Å². The van der Waals surface area contributed by atoms with Crippen LogP contribution in [0, 0.1) is 0 Å². The highest BCUT2D eigenvalue weighted by Crippen LogP contribution is 2.40. The summed E-state index contributed by atoms with van der Waals surface area (Å²) in [5.41, 5.74) is 1.60. The zero-order valence-electron chi connectivity index (χ0n) is 15.9. The number of methoxy groups -OCH3 is 2. The van der Waals surface area contributed by atoms with Crippen LogP contribution >= 0.6 is 11.6 Å². The Morgan fingerprint density at radius 2 is 2.03 bits per heavy atom. The lowest BCUT2D eigenvalue weighted by Gasteiger charge is -2.22. The summed E-state index contributed by atoms with van der Waals surface area (Å²) in [4.78, 5) is 4.46. The molecule has 1 aromatic carbocycles. The molecule has 1 aliphatic rings. The molecule has 0 bridgehead atoms. The molecule has 152 valence electrons. The minimum absolute atomic E-state index is 0.176. The number of furan rings is 1. The van der Waals surface area contributed by atoms with E-state index in [1.165, 1.54) is 13.4 Å². The largest absolute Gasteiger partial charge is 0.497 e. The molecule has 0 N–H and O–H groups in total. The number of halogens is 1. The summed E-state index contributed by atoms with van der Waals surface area (Å²) in [5, 5.41) is 5.17. The van der Waals surface area contributed by atoms with Crippen LogP contribution in [0.1, 0.15) is 23.8 Å². The fourth-order valence-electron chi connectivity index (χ4n) is 3.35. The molecule has 3 aromatic rings. The predicted molar refractivity (Wildman–Crippen MR) is 109 cm³/mol. The van der Waals surface area contributed by atoms with Crippen LogP contribution in [0.4, 0.5) is 0 Å². The second-order valence-electron chi connectivity index (χ2n) is 6.55. The zero-order chi connectivity index (χ0) is 20.8. The first-order valence-electron chi connectivity index (χ1n) is 8.64. The molecule has 4 rings (SSSR count). The minimum atomic E-state index is -3.65. The van der Waals surface area contributed by atoms with Gasteiger partial charge in [-0.1, -0.05) is 11.6 Å². The van der Waals surface area contributed by atoms with Gasteiger partial charge in [-0.25, -0.2) is 13.4 Å². The highest BCUT2D eigenvalue weighted by molar-refractivity contribution is 7.88. The van der Waals surface area contributed by atoms with Gasteiger partial charge in [-0.2, -0.15) is 9.52 Å². The molecule has 0 radical (unpaired) electrons. The third-order valence-corrected chi connectivity index (χ3v) is 5.99. The minimum Gasteiger partial charge on any atom is -0.497 e. The highest BCUT2D eigenvalue weighted by Gasteiger charge is 2.37. The van der Waals surface area contributed by atoms with E-state index in [9.17, 15) is 8.42 Å². The fraction of sp³-hybridized carbons (Fsp3) is 0.263. The molecule has 0 saturated carbocycles. The first-order chi connectivity index (χ1) is 13.8. The van der Waals surface area contributed by atoms with E-state index < -0.39 is 16.1 Å². The summed E-state index contributed by atoms with van der Waals surface area (Å²) >= 11 is 6.48. The van der Waals surface area contributed by atoms with Crippen LogP contribution in [-0.2, 0) is 10.0 Å². The van der Waals surface area contributed by atoms with Gasteiger partial charge < -0.3 is 13.9 Å². The quantitative estimate of drug-likeness (QED) is 0.568. The summed E-state index contributed by atoms with van der Waals surface area (Å²) in [6.07, 6.45) is 2.91. The van der Waals surface area contributed by atoms with Gasteiger partial charge in [0.05, 0.1) is 32.8 Å². The third-order valence-electron chi connectivity index (χ3n) is 4.67. The molecule has 2 aromatic heterocycles. The molecule has 29 heavy (non-hydrogen) atoms. The lowest BCUT2D eigenvalue weighted by atomic mass is 10.0. The molecule has 3 heterocycles. The van der Waals surface area contributed by atoms with Crippen molar-refractivity contribution in [2.75, 3.05) is 20.5 Å². The van der Waals surface area contributed by atoms with E-state index >= 15 is 0 Å². The number of aromatic nitrogens is 1. The molecule has 1 atom stereocenters. The Kier molecular flexibility index (Phi) is 4.87. The molecule has 0 aliphatic carbocycles. The van der Waals surface area contributed by atoms with Crippen molar-refractivity contribution in [3.63, 3.8) is 0 Å². The molecule has 0 spiro atoms. The van der Waals surface area contributed by atoms with Gasteiger partial charge in [0.2, 0.25) is 10.0 Å². The normalized spacial score (nSPS) is 16.9. The topological polar surface area (TPSA) is 94.2 Å². The van der Waals surface area contributed by atoms with Gasteiger partial charge in [-0.15, -0.1) is 0 Å². The van der Waals surface area contributed by atoms with Crippen LogP contribution in [0.5, 0.6) is 11.5 Å². The van der Waals surface area contributed by atoms with Crippen molar-refractivity contribution < 1.29 is 22.3 Å². The number of hydrazone groups is 1. The second-order valence-corrected chi connectivity index (χ2v) is 8.75. The monoisotopic (exact) mass is 435 g/mol. The number of sulfonamides is 1. The van der Waals surface area contributed by atoms with E-state index in [1.54, 1.807) is 37.4 Å². The van der Waals surface area contributed by atoms with Gasteiger partial charge in [-0.05, 0) is 24.3 Å². The summed E-state index contributed by atoms with van der Waals surface area (Å²) in [6, 6.07) is 8.10. The Morgan fingerprint density at radius 1 is 1.24 bits per heavy atom. The lowest BCUT2D eigenvalue weighted by molar-refractivity contribution is 0.374. The van der Waals surface area contributed by atoms with Crippen LogP contribution in [0.3, 0.4) is 0 Å². The van der Waals surface area contributed by atoms with E-state index in [4.69, 9.17) is 25.5 Å². The highest BCUT2D eigenvalue weighted by atomic mass is 35.5. The molecule has 10 heteroatoms. The van der Waals surface area contributed by atoms with Gasteiger partial charge in [0.1, 0.15) is 33.6 Å². The Balaban J connectivity index is 1.85. The van der Waals surface area contributed by atoms with E-state index in [-0.39, 0.29) is 5.15 Å². The number of hydrogen-bond donors (Lipinski definition) is 0.